The van der Waals surface area contributed by atoms with Crippen molar-refractivity contribution in [1.29, 1.82) is 0 Å². The summed E-state index contributed by atoms with van der Waals surface area (Å²) in [6.07, 6.45) is 0.160. The molecule has 0 saturated carbocycles. The molecule has 1 aliphatic heterocycles. The van der Waals surface area contributed by atoms with Crippen molar-refractivity contribution in [2.45, 2.75) is 24.9 Å². The number of rotatable bonds is 6. The standard InChI is InChI=1S/C26H25NO3/c1-2-30-25(29)24-18-23(28)19-27(24)26(20-12-6-3-7-13-20,21-14-8-4-9-15-21)22-16-10-5-11-17-22/h3-17,24H,2,18-19H2,1H3/t24-/m0/s1. The molecule has 0 bridgehead atoms. The summed E-state index contributed by atoms with van der Waals surface area (Å²) in [5, 5.41) is 0. The molecular formula is C26H25NO3. The van der Waals surface area contributed by atoms with Gasteiger partial charge in [0.05, 0.1) is 18.7 Å². The van der Waals surface area contributed by atoms with E-state index in [1.807, 2.05) is 59.5 Å². The van der Waals surface area contributed by atoms with E-state index in [9.17, 15) is 9.59 Å². The molecule has 3 aromatic rings. The average Bonchev–Trinajstić information content (AvgIpc) is 3.19. The van der Waals surface area contributed by atoms with Gasteiger partial charge in [-0.2, -0.15) is 0 Å². The van der Waals surface area contributed by atoms with E-state index < -0.39 is 11.6 Å². The minimum Gasteiger partial charge on any atom is -0.465 e. The third-order valence-electron chi connectivity index (χ3n) is 5.71. The van der Waals surface area contributed by atoms with Crippen LogP contribution in [0.3, 0.4) is 0 Å². The highest BCUT2D eigenvalue weighted by atomic mass is 16.5. The third-order valence-corrected chi connectivity index (χ3v) is 5.71. The molecule has 4 rings (SSSR count). The number of carbonyl (C=O) groups excluding carboxylic acids is 2. The highest BCUT2D eigenvalue weighted by Crippen LogP contribution is 2.45. The Hall–Kier alpha value is -3.24. The molecule has 152 valence electrons. The van der Waals surface area contributed by atoms with Crippen LogP contribution in [0.5, 0.6) is 0 Å². The molecule has 1 fully saturated rings. The number of benzene rings is 3. The van der Waals surface area contributed by atoms with Crippen molar-refractivity contribution < 1.29 is 14.3 Å². The van der Waals surface area contributed by atoms with Gasteiger partial charge in [0.2, 0.25) is 0 Å². The van der Waals surface area contributed by atoms with E-state index in [1.165, 1.54) is 0 Å². The summed E-state index contributed by atoms with van der Waals surface area (Å²) < 4.78 is 5.37. The van der Waals surface area contributed by atoms with Crippen LogP contribution in [-0.2, 0) is 19.9 Å². The van der Waals surface area contributed by atoms with Gasteiger partial charge in [0.15, 0.2) is 0 Å². The maximum absolute atomic E-state index is 12.9. The summed E-state index contributed by atoms with van der Waals surface area (Å²) in [7, 11) is 0. The fraction of sp³-hybridized carbons (Fsp3) is 0.231. The smallest absolute Gasteiger partial charge is 0.323 e. The normalized spacial score (nSPS) is 17.1. The van der Waals surface area contributed by atoms with Crippen LogP contribution < -0.4 is 0 Å². The molecule has 1 atom stereocenters. The fourth-order valence-corrected chi connectivity index (χ4v) is 4.53. The predicted octanol–water partition coefficient (Wildman–Crippen LogP) is 4.19. The van der Waals surface area contributed by atoms with Crippen LogP contribution in [0.25, 0.3) is 0 Å². The number of ketones is 1. The minimum absolute atomic E-state index is 0.0419. The second-order valence-corrected chi connectivity index (χ2v) is 7.45. The summed E-state index contributed by atoms with van der Waals surface area (Å²) in [5.41, 5.74) is 2.22. The Bertz CT molecular complexity index is 906. The van der Waals surface area contributed by atoms with Gasteiger partial charge in [-0.3, -0.25) is 14.5 Å². The first-order valence-corrected chi connectivity index (χ1v) is 10.3. The van der Waals surface area contributed by atoms with E-state index in [4.69, 9.17) is 4.74 Å². The zero-order chi connectivity index (χ0) is 21.0. The number of hydrogen-bond acceptors (Lipinski definition) is 4. The van der Waals surface area contributed by atoms with Gasteiger partial charge in [-0.25, -0.2) is 0 Å². The largest absolute Gasteiger partial charge is 0.465 e. The molecule has 3 aromatic carbocycles. The van der Waals surface area contributed by atoms with Crippen molar-refractivity contribution in [2.24, 2.45) is 0 Å². The Kier molecular flexibility index (Phi) is 5.77. The summed E-state index contributed by atoms with van der Waals surface area (Å²) in [6, 6.07) is 29.6. The third kappa shape index (κ3) is 3.44. The Balaban J connectivity index is 2.02. The van der Waals surface area contributed by atoms with Gasteiger partial charge in [-0.05, 0) is 23.6 Å². The molecule has 0 radical (unpaired) electrons. The molecule has 0 aromatic heterocycles. The predicted molar refractivity (Wildman–Crippen MR) is 116 cm³/mol. The molecular weight excluding hydrogens is 374 g/mol. The van der Waals surface area contributed by atoms with Crippen molar-refractivity contribution >= 4 is 11.8 Å². The second-order valence-electron chi connectivity index (χ2n) is 7.45. The first-order chi connectivity index (χ1) is 14.7. The monoisotopic (exact) mass is 399 g/mol. The van der Waals surface area contributed by atoms with Crippen molar-refractivity contribution in [2.75, 3.05) is 13.2 Å². The first-order valence-electron chi connectivity index (χ1n) is 10.3. The number of likely N-dealkylation sites (tertiary alicyclic amines) is 1. The van der Waals surface area contributed by atoms with Gasteiger partial charge in [0, 0.05) is 6.42 Å². The molecule has 0 aliphatic carbocycles. The molecule has 1 aliphatic rings. The molecule has 4 nitrogen and oxygen atoms in total. The number of nitrogens with zero attached hydrogens (tertiary/aromatic N) is 1. The maximum Gasteiger partial charge on any atom is 0.323 e. The van der Waals surface area contributed by atoms with Crippen LogP contribution in [0.2, 0.25) is 0 Å². The lowest BCUT2D eigenvalue weighted by Gasteiger charge is -2.45. The van der Waals surface area contributed by atoms with Crippen molar-refractivity contribution in [3.8, 4) is 0 Å². The average molecular weight is 399 g/mol. The lowest BCUT2D eigenvalue weighted by atomic mass is 9.75. The van der Waals surface area contributed by atoms with Crippen molar-refractivity contribution in [3.05, 3.63) is 108 Å². The highest BCUT2D eigenvalue weighted by molar-refractivity contribution is 5.92. The molecule has 0 unspecified atom stereocenters. The number of hydrogen-bond donors (Lipinski definition) is 0. The Morgan fingerprint density at radius 1 is 0.867 bits per heavy atom. The molecule has 1 heterocycles. The van der Waals surface area contributed by atoms with E-state index in [0.29, 0.717) is 0 Å². The molecule has 0 spiro atoms. The van der Waals surface area contributed by atoms with Crippen LogP contribution in [0, 0.1) is 0 Å². The lowest BCUT2D eigenvalue weighted by molar-refractivity contribution is -0.150. The van der Waals surface area contributed by atoms with E-state index in [0.717, 1.165) is 16.7 Å². The zero-order valence-corrected chi connectivity index (χ0v) is 17.0. The highest BCUT2D eigenvalue weighted by Gasteiger charge is 2.51. The number of ether oxygens (including phenoxy) is 1. The summed E-state index contributed by atoms with van der Waals surface area (Å²) >= 11 is 0. The van der Waals surface area contributed by atoms with Crippen LogP contribution in [0.4, 0.5) is 0 Å². The van der Waals surface area contributed by atoms with E-state index in [2.05, 4.69) is 36.4 Å². The SMILES string of the molecule is CCOC(=O)[C@@H]1CC(=O)CN1C(c1ccccc1)(c1ccccc1)c1ccccc1. The van der Waals surface area contributed by atoms with Crippen LogP contribution in [0.15, 0.2) is 91.0 Å². The van der Waals surface area contributed by atoms with Gasteiger partial charge < -0.3 is 4.74 Å². The lowest BCUT2D eigenvalue weighted by Crippen LogP contribution is -2.53. The molecule has 0 N–H and O–H groups in total. The number of carbonyl (C=O) groups is 2. The van der Waals surface area contributed by atoms with Gasteiger partial charge in [0.1, 0.15) is 11.8 Å². The van der Waals surface area contributed by atoms with Gasteiger partial charge in [0.25, 0.3) is 0 Å². The second kappa shape index (κ2) is 8.64. The number of Topliss-reactive ketones (excluding diaryl/α,β-unsaturated/α-hetero) is 1. The maximum atomic E-state index is 12.9. The Morgan fingerprint density at radius 2 is 1.30 bits per heavy atom. The summed E-state index contributed by atoms with van der Waals surface area (Å²) in [5.74, 6) is -0.310. The molecule has 30 heavy (non-hydrogen) atoms. The summed E-state index contributed by atoms with van der Waals surface area (Å²) in [4.78, 5) is 27.6. The first kappa shape index (κ1) is 20.0. The van der Waals surface area contributed by atoms with E-state index in [-0.39, 0.29) is 31.3 Å². The van der Waals surface area contributed by atoms with Crippen molar-refractivity contribution in [1.82, 2.24) is 4.90 Å². The fourth-order valence-electron chi connectivity index (χ4n) is 4.53. The molecule has 1 saturated heterocycles. The van der Waals surface area contributed by atoms with Gasteiger partial charge in [-0.15, -0.1) is 0 Å². The molecule has 0 amide bonds. The van der Waals surface area contributed by atoms with Gasteiger partial charge in [-0.1, -0.05) is 91.0 Å². The quantitative estimate of drug-likeness (QED) is 0.461. The molecule has 4 heteroatoms. The van der Waals surface area contributed by atoms with E-state index >= 15 is 0 Å². The topological polar surface area (TPSA) is 46.6 Å². The zero-order valence-electron chi connectivity index (χ0n) is 17.0. The van der Waals surface area contributed by atoms with Crippen molar-refractivity contribution in [3.63, 3.8) is 0 Å². The minimum atomic E-state index is -0.798. The van der Waals surface area contributed by atoms with Crippen LogP contribution in [-0.4, -0.2) is 35.8 Å². The van der Waals surface area contributed by atoms with Crippen LogP contribution in [0.1, 0.15) is 30.0 Å². The Labute approximate surface area is 177 Å². The van der Waals surface area contributed by atoms with E-state index in [1.54, 1.807) is 6.92 Å². The summed E-state index contributed by atoms with van der Waals surface area (Å²) in [6.45, 7) is 2.26. The Morgan fingerprint density at radius 3 is 1.70 bits per heavy atom. The number of esters is 1. The van der Waals surface area contributed by atoms with Crippen LogP contribution >= 0.6 is 0 Å². The van der Waals surface area contributed by atoms with Gasteiger partial charge >= 0.3 is 5.97 Å².